The standard InChI is InChI=1S/C12H24N4.HI/c1-3-6-16-7-4-11(10-16)9-14-12-13-5-8-15(12)2;/h11H,3-10H2,1-2H3,(H,13,14);1H. The molecule has 2 aliphatic rings. The summed E-state index contributed by atoms with van der Waals surface area (Å²) >= 11 is 0. The summed E-state index contributed by atoms with van der Waals surface area (Å²) in [5, 5.41) is 3.49. The van der Waals surface area contributed by atoms with Gasteiger partial charge in [0.05, 0.1) is 6.54 Å². The fourth-order valence-electron chi connectivity index (χ4n) is 2.56. The highest BCUT2D eigenvalue weighted by Crippen LogP contribution is 2.15. The summed E-state index contributed by atoms with van der Waals surface area (Å²) in [5.41, 5.74) is 0. The summed E-state index contributed by atoms with van der Waals surface area (Å²) in [6.45, 7) is 9.16. The first kappa shape index (κ1) is 15.0. The Morgan fingerprint density at radius 3 is 2.88 bits per heavy atom. The van der Waals surface area contributed by atoms with Gasteiger partial charge in [0, 0.05) is 26.7 Å². The van der Waals surface area contributed by atoms with Crippen molar-refractivity contribution in [2.75, 3.05) is 46.3 Å². The summed E-state index contributed by atoms with van der Waals surface area (Å²) in [7, 11) is 2.11. The Kier molecular flexibility index (Phi) is 6.54. The number of rotatable bonds is 4. The highest BCUT2D eigenvalue weighted by atomic mass is 127. The molecule has 2 aliphatic heterocycles. The first-order valence-electron chi connectivity index (χ1n) is 6.51. The van der Waals surface area contributed by atoms with Crippen LogP contribution < -0.4 is 5.32 Å². The van der Waals surface area contributed by atoms with Gasteiger partial charge in [0.1, 0.15) is 0 Å². The van der Waals surface area contributed by atoms with E-state index >= 15 is 0 Å². The Balaban J connectivity index is 0.00000144. The van der Waals surface area contributed by atoms with Crippen LogP contribution >= 0.6 is 24.0 Å². The molecule has 0 spiro atoms. The smallest absolute Gasteiger partial charge is 0.193 e. The van der Waals surface area contributed by atoms with Crippen molar-refractivity contribution >= 4 is 29.9 Å². The van der Waals surface area contributed by atoms with E-state index in [0.29, 0.717) is 0 Å². The fourth-order valence-corrected chi connectivity index (χ4v) is 2.56. The van der Waals surface area contributed by atoms with Gasteiger partial charge in [0.15, 0.2) is 5.96 Å². The molecule has 0 radical (unpaired) electrons. The van der Waals surface area contributed by atoms with E-state index in [9.17, 15) is 0 Å². The number of likely N-dealkylation sites (tertiary alicyclic amines) is 1. The Labute approximate surface area is 122 Å². The molecule has 0 bridgehead atoms. The molecule has 100 valence electrons. The van der Waals surface area contributed by atoms with E-state index in [0.717, 1.165) is 31.5 Å². The topological polar surface area (TPSA) is 30.9 Å². The van der Waals surface area contributed by atoms with Crippen LogP contribution in [0.5, 0.6) is 0 Å². The average Bonchev–Trinajstić information content (AvgIpc) is 2.86. The summed E-state index contributed by atoms with van der Waals surface area (Å²) < 4.78 is 0. The number of halogens is 1. The lowest BCUT2D eigenvalue weighted by Gasteiger charge is -2.18. The third-order valence-electron chi connectivity index (χ3n) is 3.52. The summed E-state index contributed by atoms with van der Waals surface area (Å²) in [5.74, 6) is 1.90. The zero-order valence-electron chi connectivity index (χ0n) is 11.0. The van der Waals surface area contributed by atoms with Crippen molar-refractivity contribution < 1.29 is 0 Å². The zero-order chi connectivity index (χ0) is 11.4. The van der Waals surface area contributed by atoms with Gasteiger partial charge in [0.2, 0.25) is 0 Å². The maximum Gasteiger partial charge on any atom is 0.193 e. The number of guanidine groups is 1. The normalized spacial score (nSPS) is 24.7. The lowest BCUT2D eigenvalue weighted by atomic mass is 10.1. The molecule has 1 saturated heterocycles. The maximum absolute atomic E-state index is 4.45. The average molecular weight is 352 g/mol. The van der Waals surface area contributed by atoms with Crippen LogP contribution in [0.15, 0.2) is 4.99 Å². The molecule has 0 aromatic rings. The second-order valence-electron chi connectivity index (χ2n) is 4.96. The summed E-state index contributed by atoms with van der Waals surface area (Å²) in [4.78, 5) is 9.23. The number of hydrogen-bond donors (Lipinski definition) is 1. The minimum Gasteiger partial charge on any atom is -0.356 e. The van der Waals surface area contributed by atoms with Crippen LogP contribution in [-0.2, 0) is 0 Å². The van der Waals surface area contributed by atoms with E-state index in [1.807, 2.05) is 0 Å². The van der Waals surface area contributed by atoms with Crippen LogP contribution in [0.25, 0.3) is 0 Å². The summed E-state index contributed by atoms with van der Waals surface area (Å²) in [6, 6.07) is 0. The second-order valence-corrected chi connectivity index (χ2v) is 4.96. The highest BCUT2D eigenvalue weighted by molar-refractivity contribution is 14.0. The monoisotopic (exact) mass is 352 g/mol. The number of likely N-dealkylation sites (N-methyl/N-ethyl adjacent to an activating group) is 1. The largest absolute Gasteiger partial charge is 0.356 e. The van der Waals surface area contributed by atoms with Crippen molar-refractivity contribution in [1.82, 2.24) is 15.1 Å². The maximum atomic E-state index is 4.45. The quantitative estimate of drug-likeness (QED) is 0.773. The third kappa shape index (κ3) is 4.28. The van der Waals surface area contributed by atoms with Gasteiger partial charge in [-0.05, 0) is 31.8 Å². The molecule has 0 saturated carbocycles. The van der Waals surface area contributed by atoms with Gasteiger partial charge in [-0.3, -0.25) is 4.99 Å². The van der Waals surface area contributed by atoms with Crippen LogP contribution in [0, 0.1) is 5.92 Å². The van der Waals surface area contributed by atoms with E-state index in [1.54, 1.807) is 0 Å². The third-order valence-corrected chi connectivity index (χ3v) is 3.52. The Morgan fingerprint density at radius 2 is 2.24 bits per heavy atom. The molecule has 0 aromatic heterocycles. The Hall–Kier alpha value is -0.0400. The molecule has 0 aromatic carbocycles. The molecular weight excluding hydrogens is 327 g/mol. The van der Waals surface area contributed by atoms with Crippen LogP contribution in [-0.4, -0.2) is 62.1 Å². The molecule has 17 heavy (non-hydrogen) atoms. The first-order chi connectivity index (χ1) is 7.79. The van der Waals surface area contributed by atoms with Crippen molar-refractivity contribution in [2.24, 2.45) is 10.9 Å². The van der Waals surface area contributed by atoms with Gasteiger partial charge in [-0.1, -0.05) is 6.92 Å². The molecular formula is C12H25IN4. The van der Waals surface area contributed by atoms with Gasteiger partial charge in [0.25, 0.3) is 0 Å². The first-order valence-corrected chi connectivity index (χ1v) is 6.51. The fraction of sp³-hybridized carbons (Fsp3) is 0.917. The van der Waals surface area contributed by atoms with E-state index in [1.165, 1.54) is 32.5 Å². The van der Waals surface area contributed by atoms with Gasteiger partial charge >= 0.3 is 0 Å². The number of hydrogen-bond acceptors (Lipinski definition) is 4. The lowest BCUT2D eigenvalue weighted by Crippen LogP contribution is -2.38. The molecule has 2 heterocycles. The van der Waals surface area contributed by atoms with Crippen LogP contribution in [0.4, 0.5) is 0 Å². The van der Waals surface area contributed by atoms with Crippen LogP contribution in [0.1, 0.15) is 19.8 Å². The Morgan fingerprint density at radius 1 is 1.41 bits per heavy atom. The second kappa shape index (κ2) is 7.41. The van der Waals surface area contributed by atoms with Crippen molar-refractivity contribution in [3.05, 3.63) is 0 Å². The van der Waals surface area contributed by atoms with Crippen molar-refractivity contribution in [2.45, 2.75) is 19.8 Å². The van der Waals surface area contributed by atoms with E-state index < -0.39 is 0 Å². The van der Waals surface area contributed by atoms with Gasteiger partial charge in [-0.15, -0.1) is 24.0 Å². The number of aliphatic imine (C=N–C) groups is 1. The minimum absolute atomic E-state index is 0. The van der Waals surface area contributed by atoms with Gasteiger partial charge in [-0.2, -0.15) is 0 Å². The molecule has 5 heteroatoms. The minimum atomic E-state index is 0. The molecule has 0 amide bonds. The Bertz CT molecular complexity index is 257. The molecule has 1 atom stereocenters. The molecule has 1 N–H and O–H groups in total. The molecule has 1 fully saturated rings. The van der Waals surface area contributed by atoms with Crippen LogP contribution in [0.2, 0.25) is 0 Å². The van der Waals surface area contributed by atoms with E-state index in [2.05, 4.69) is 34.1 Å². The van der Waals surface area contributed by atoms with E-state index in [4.69, 9.17) is 0 Å². The van der Waals surface area contributed by atoms with Gasteiger partial charge in [-0.25, -0.2) is 0 Å². The molecule has 4 nitrogen and oxygen atoms in total. The molecule has 1 unspecified atom stereocenters. The molecule has 0 aliphatic carbocycles. The SMILES string of the molecule is CCCN1CCC(CNC2=NCCN2C)C1.I. The van der Waals surface area contributed by atoms with Crippen molar-refractivity contribution in [1.29, 1.82) is 0 Å². The number of nitrogens with one attached hydrogen (secondary N) is 1. The van der Waals surface area contributed by atoms with E-state index in [-0.39, 0.29) is 24.0 Å². The molecule has 2 rings (SSSR count). The van der Waals surface area contributed by atoms with Crippen molar-refractivity contribution in [3.8, 4) is 0 Å². The number of nitrogens with zero attached hydrogens (tertiary/aromatic N) is 3. The van der Waals surface area contributed by atoms with Crippen molar-refractivity contribution in [3.63, 3.8) is 0 Å². The predicted octanol–water partition coefficient (Wildman–Crippen LogP) is 1.23. The predicted molar refractivity (Wildman–Crippen MR) is 83.2 cm³/mol. The highest BCUT2D eigenvalue weighted by Gasteiger charge is 2.22. The van der Waals surface area contributed by atoms with Gasteiger partial charge < -0.3 is 15.1 Å². The van der Waals surface area contributed by atoms with Crippen LogP contribution in [0.3, 0.4) is 0 Å². The lowest BCUT2D eigenvalue weighted by molar-refractivity contribution is 0.324. The zero-order valence-corrected chi connectivity index (χ0v) is 13.3. The summed E-state index contributed by atoms with van der Waals surface area (Å²) in [6.07, 6.45) is 2.61.